The van der Waals surface area contributed by atoms with Crippen LogP contribution in [-0.4, -0.2) is 41.7 Å². The van der Waals surface area contributed by atoms with Crippen molar-refractivity contribution in [3.63, 3.8) is 0 Å². The highest BCUT2D eigenvalue weighted by Gasteiger charge is 2.40. The van der Waals surface area contributed by atoms with Gasteiger partial charge in [-0.2, -0.15) is 0 Å². The molecule has 1 atom stereocenters. The van der Waals surface area contributed by atoms with E-state index in [-0.39, 0.29) is 0 Å². The van der Waals surface area contributed by atoms with E-state index in [4.69, 9.17) is 4.74 Å². The van der Waals surface area contributed by atoms with E-state index in [0.717, 1.165) is 44.5 Å². The summed E-state index contributed by atoms with van der Waals surface area (Å²) in [5.41, 5.74) is 0.508. The maximum atomic E-state index is 11.5. The van der Waals surface area contributed by atoms with E-state index in [1.807, 2.05) is 31.2 Å². The number of rotatable bonds is 5. The van der Waals surface area contributed by atoms with Gasteiger partial charge in [-0.1, -0.05) is 12.1 Å². The Morgan fingerprint density at radius 1 is 1.35 bits per heavy atom. The second kappa shape index (κ2) is 6.27. The third-order valence-electron chi connectivity index (χ3n) is 4.33. The molecule has 1 fully saturated rings. The molecule has 1 saturated heterocycles. The van der Waals surface area contributed by atoms with Crippen LogP contribution in [0.15, 0.2) is 24.3 Å². The van der Waals surface area contributed by atoms with Gasteiger partial charge in [0.25, 0.3) is 0 Å². The predicted octanol–water partition coefficient (Wildman–Crippen LogP) is 2.57. The Labute approximate surface area is 120 Å². The van der Waals surface area contributed by atoms with E-state index in [1.54, 1.807) is 7.11 Å². The molecule has 1 N–H and O–H groups in total. The molecular weight excluding hydrogens is 254 g/mol. The molecule has 1 aliphatic rings. The van der Waals surface area contributed by atoms with Gasteiger partial charge in [0.2, 0.25) is 0 Å². The largest absolute Gasteiger partial charge is 0.497 e. The lowest BCUT2D eigenvalue weighted by Gasteiger charge is -2.41. The topological polar surface area (TPSA) is 49.8 Å². The molecule has 0 amide bonds. The lowest BCUT2D eigenvalue weighted by atomic mass is 9.88. The molecule has 1 aromatic carbocycles. The van der Waals surface area contributed by atoms with Crippen molar-refractivity contribution in [3.05, 3.63) is 29.8 Å². The molecule has 1 aliphatic heterocycles. The van der Waals surface area contributed by atoms with Gasteiger partial charge in [-0.25, -0.2) is 0 Å². The van der Waals surface area contributed by atoms with Crippen LogP contribution in [-0.2, 0) is 11.2 Å². The molecule has 0 bridgehead atoms. The molecule has 0 aliphatic carbocycles. The smallest absolute Gasteiger partial charge is 0.323 e. The highest BCUT2D eigenvalue weighted by molar-refractivity contribution is 5.78. The van der Waals surface area contributed by atoms with E-state index in [2.05, 4.69) is 4.90 Å². The average Bonchev–Trinajstić information content (AvgIpc) is 2.47. The summed E-state index contributed by atoms with van der Waals surface area (Å²) in [4.78, 5) is 13.6. The molecule has 1 heterocycles. The summed E-state index contributed by atoms with van der Waals surface area (Å²) < 4.78 is 5.14. The Hall–Kier alpha value is -1.55. The number of methoxy groups -OCH3 is 1. The molecule has 0 aromatic heterocycles. The summed E-state index contributed by atoms with van der Waals surface area (Å²) >= 11 is 0. The number of carboxylic acids is 1. The van der Waals surface area contributed by atoms with E-state index in [0.29, 0.717) is 0 Å². The zero-order chi connectivity index (χ0) is 14.6. The van der Waals surface area contributed by atoms with Crippen molar-refractivity contribution < 1.29 is 14.6 Å². The number of hydrogen-bond acceptors (Lipinski definition) is 3. The van der Waals surface area contributed by atoms with Crippen molar-refractivity contribution >= 4 is 5.97 Å². The number of ether oxygens (including phenoxy) is 1. The SMILES string of the molecule is COc1ccc(CCN2CCCCC2(C)C(=O)O)cc1. The Balaban J connectivity index is 1.98. The van der Waals surface area contributed by atoms with Crippen LogP contribution in [0, 0.1) is 0 Å². The molecule has 2 rings (SSSR count). The van der Waals surface area contributed by atoms with Crippen LogP contribution in [0.1, 0.15) is 31.7 Å². The van der Waals surface area contributed by atoms with Crippen LogP contribution in [0.3, 0.4) is 0 Å². The van der Waals surface area contributed by atoms with E-state index < -0.39 is 11.5 Å². The molecular formula is C16H23NO3. The fourth-order valence-electron chi connectivity index (χ4n) is 2.83. The number of hydrogen-bond donors (Lipinski definition) is 1. The lowest BCUT2D eigenvalue weighted by Crippen LogP contribution is -2.55. The van der Waals surface area contributed by atoms with Gasteiger partial charge in [-0.15, -0.1) is 0 Å². The van der Waals surface area contributed by atoms with Crippen molar-refractivity contribution in [2.75, 3.05) is 20.2 Å². The number of likely N-dealkylation sites (tertiary alicyclic amines) is 1. The highest BCUT2D eigenvalue weighted by Crippen LogP contribution is 2.28. The summed E-state index contributed by atoms with van der Waals surface area (Å²) in [6.45, 7) is 3.51. The minimum Gasteiger partial charge on any atom is -0.497 e. The first-order valence-corrected chi connectivity index (χ1v) is 7.17. The van der Waals surface area contributed by atoms with Crippen LogP contribution >= 0.6 is 0 Å². The van der Waals surface area contributed by atoms with Crippen molar-refractivity contribution in [1.29, 1.82) is 0 Å². The molecule has 0 saturated carbocycles. The van der Waals surface area contributed by atoms with Crippen molar-refractivity contribution in [2.45, 2.75) is 38.1 Å². The summed E-state index contributed by atoms with van der Waals surface area (Å²) in [5, 5.41) is 9.48. The lowest BCUT2D eigenvalue weighted by molar-refractivity contribution is -0.152. The first-order chi connectivity index (χ1) is 9.56. The first kappa shape index (κ1) is 14.9. The van der Waals surface area contributed by atoms with Gasteiger partial charge in [-0.05, 0) is 56.8 Å². The van der Waals surface area contributed by atoms with Crippen molar-refractivity contribution in [1.82, 2.24) is 4.90 Å². The summed E-state index contributed by atoms with van der Waals surface area (Å²) in [6, 6.07) is 7.98. The van der Waals surface area contributed by atoms with Gasteiger partial charge >= 0.3 is 5.97 Å². The van der Waals surface area contributed by atoms with Gasteiger partial charge in [0.05, 0.1) is 7.11 Å². The minimum atomic E-state index is -0.704. The number of nitrogens with zero attached hydrogens (tertiary/aromatic N) is 1. The van der Waals surface area contributed by atoms with E-state index >= 15 is 0 Å². The maximum absolute atomic E-state index is 11.5. The summed E-state index contributed by atoms with van der Waals surface area (Å²) in [7, 11) is 1.65. The second-order valence-corrected chi connectivity index (χ2v) is 5.62. The third-order valence-corrected chi connectivity index (χ3v) is 4.33. The van der Waals surface area contributed by atoms with Gasteiger partial charge in [0, 0.05) is 6.54 Å². The molecule has 1 aromatic rings. The molecule has 4 nitrogen and oxygen atoms in total. The Kier molecular flexibility index (Phi) is 4.65. The summed E-state index contributed by atoms with van der Waals surface area (Å²) in [6.07, 6.45) is 3.70. The molecule has 1 unspecified atom stereocenters. The number of benzene rings is 1. The monoisotopic (exact) mass is 277 g/mol. The standard InChI is InChI=1S/C16H23NO3/c1-16(15(18)19)10-3-4-11-17(16)12-9-13-5-7-14(20-2)8-6-13/h5-8H,3-4,9-12H2,1-2H3,(H,18,19). The van der Waals surface area contributed by atoms with Crippen LogP contribution in [0.4, 0.5) is 0 Å². The Bertz CT molecular complexity index is 457. The molecule has 0 spiro atoms. The normalized spacial score (nSPS) is 23.5. The molecule has 4 heteroatoms. The number of aliphatic carboxylic acids is 1. The van der Waals surface area contributed by atoms with Crippen LogP contribution < -0.4 is 4.74 Å². The fourth-order valence-corrected chi connectivity index (χ4v) is 2.83. The van der Waals surface area contributed by atoms with Gasteiger partial charge in [0.1, 0.15) is 11.3 Å². The zero-order valence-electron chi connectivity index (χ0n) is 12.3. The molecule has 0 radical (unpaired) electrons. The van der Waals surface area contributed by atoms with Gasteiger partial charge < -0.3 is 9.84 Å². The highest BCUT2D eigenvalue weighted by atomic mass is 16.5. The van der Waals surface area contributed by atoms with Crippen LogP contribution in [0.5, 0.6) is 5.75 Å². The van der Waals surface area contributed by atoms with Crippen molar-refractivity contribution in [2.24, 2.45) is 0 Å². The quantitative estimate of drug-likeness (QED) is 0.898. The number of carbonyl (C=O) groups is 1. The zero-order valence-corrected chi connectivity index (χ0v) is 12.3. The van der Waals surface area contributed by atoms with Gasteiger partial charge in [0.15, 0.2) is 0 Å². The Morgan fingerprint density at radius 3 is 2.65 bits per heavy atom. The number of piperidine rings is 1. The molecule has 20 heavy (non-hydrogen) atoms. The van der Waals surface area contributed by atoms with E-state index in [9.17, 15) is 9.90 Å². The van der Waals surface area contributed by atoms with Crippen molar-refractivity contribution in [3.8, 4) is 5.75 Å². The van der Waals surface area contributed by atoms with Crippen LogP contribution in [0.25, 0.3) is 0 Å². The fraction of sp³-hybridized carbons (Fsp3) is 0.562. The molecule has 110 valence electrons. The maximum Gasteiger partial charge on any atom is 0.323 e. The predicted molar refractivity (Wildman–Crippen MR) is 78.2 cm³/mol. The number of carboxylic acid groups (broad SMARTS) is 1. The average molecular weight is 277 g/mol. The minimum absolute atomic E-state index is 0.702. The van der Waals surface area contributed by atoms with Gasteiger partial charge in [-0.3, -0.25) is 9.69 Å². The third kappa shape index (κ3) is 3.12. The Morgan fingerprint density at radius 2 is 2.05 bits per heavy atom. The summed E-state index contributed by atoms with van der Waals surface area (Å²) in [5.74, 6) is 0.147. The second-order valence-electron chi connectivity index (χ2n) is 5.62. The van der Waals surface area contributed by atoms with E-state index in [1.165, 1.54) is 5.56 Å². The van der Waals surface area contributed by atoms with Crippen LogP contribution in [0.2, 0.25) is 0 Å². The first-order valence-electron chi connectivity index (χ1n) is 7.17.